The molecule has 0 aromatic heterocycles. The zero-order valence-corrected chi connectivity index (χ0v) is 19.1. The Balaban J connectivity index is 6.31. The van der Waals surface area contributed by atoms with Crippen LogP contribution in [0.3, 0.4) is 0 Å². The summed E-state index contributed by atoms with van der Waals surface area (Å²) >= 11 is 0. The van der Waals surface area contributed by atoms with Gasteiger partial charge in [0.1, 0.15) is 0 Å². The van der Waals surface area contributed by atoms with Crippen LogP contribution in [0, 0.1) is 27.6 Å². The van der Waals surface area contributed by atoms with E-state index < -0.39 is 22.2 Å². The van der Waals surface area contributed by atoms with E-state index in [1.165, 1.54) is 0 Å². The molecule has 4 N–H and O–H groups in total. The second kappa shape index (κ2) is 8.76. The summed E-state index contributed by atoms with van der Waals surface area (Å²) in [5.41, 5.74) is 6.67. The van der Waals surface area contributed by atoms with Gasteiger partial charge in [0.05, 0.1) is 0 Å². The van der Waals surface area contributed by atoms with Crippen molar-refractivity contribution in [1.82, 2.24) is 5.48 Å². The molecule has 0 aliphatic heterocycles. The number of hydroxylamine groups is 1. The number of hydrogen-bond donors (Lipinski definition) is 3. The molecule has 0 aromatic carbocycles. The van der Waals surface area contributed by atoms with Gasteiger partial charge in [-0.3, -0.25) is 14.8 Å². The van der Waals surface area contributed by atoms with Crippen molar-refractivity contribution < 1.29 is 14.8 Å². The van der Waals surface area contributed by atoms with Crippen LogP contribution in [0.5, 0.6) is 0 Å². The number of nitrogens with two attached hydrogens (primary N) is 1. The third-order valence-corrected chi connectivity index (χ3v) is 6.15. The zero-order valence-electron chi connectivity index (χ0n) is 19.1. The van der Waals surface area contributed by atoms with Crippen LogP contribution < -0.4 is 11.2 Å². The van der Waals surface area contributed by atoms with Crippen molar-refractivity contribution in [3.63, 3.8) is 0 Å². The summed E-state index contributed by atoms with van der Waals surface area (Å²) in [6, 6.07) is 0. The van der Waals surface area contributed by atoms with Crippen LogP contribution in [0.25, 0.3) is 0 Å². The molecule has 0 bridgehead atoms. The number of rotatable bonds is 9. The number of hydrogen-bond acceptors (Lipinski definition) is 3. The molecule has 1 unspecified atom stereocenters. The average molecular weight is 383 g/mol. The monoisotopic (exact) mass is 382 g/mol. The maximum Gasteiger partial charge on any atom is 0.270 e. The van der Waals surface area contributed by atoms with Crippen LogP contribution in [0.1, 0.15) is 88.5 Å². The predicted octanol–water partition coefficient (Wildman–Crippen LogP) is 4.83. The van der Waals surface area contributed by atoms with Crippen molar-refractivity contribution in [2.45, 2.75) is 88.5 Å². The summed E-state index contributed by atoms with van der Waals surface area (Å²) in [5.74, 6) is -1.17. The normalized spacial score (nSPS) is 15.4. The predicted molar refractivity (Wildman–Crippen MR) is 111 cm³/mol. The molecule has 5 heteroatoms. The topological polar surface area (TPSA) is 92.4 Å². The zero-order chi connectivity index (χ0) is 21.8. The minimum absolute atomic E-state index is 0.0520. The lowest BCUT2D eigenvalue weighted by Crippen LogP contribution is -2.46. The largest absolute Gasteiger partial charge is 0.369 e. The molecule has 0 radical (unpaired) electrons. The van der Waals surface area contributed by atoms with Gasteiger partial charge in [0.15, 0.2) is 0 Å². The summed E-state index contributed by atoms with van der Waals surface area (Å²) in [4.78, 5) is 24.8. The van der Waals surface area contributed by atoms with E-state index in [-0.39, 0.29) is 17.2 Å². The van der Waals surface area contributed by atoms with E-state index in [0.29, 0.717) is 12.0 Å². The molecule has 0 heterocycles. The Labute approximate surface area is 166 Å². The highest BCUT2D eigenvalue weighted by Gasteiger charge is 2.46. The lowest BCUT2D eigenvalue weighted by Gasteiger charge is -2.47. The second-order valence-electron chi connectivity index (χ2n) is 10.8. The molecule has 0 aromatic rings. The Kier molecular flexibility index (Phi) is 8.32. The fraction of sp³-hybridized carbons (Fsp3) is 0.818. The van der Waals surface area contributed by atoms with E-state index in [2.05, 4.69) is 27.7 Å². The van der Waals surface area contributed by atoms with Gasteiger partial charge in [-0.25, -0.2) is 5.48 Å². The Morgan fingerprint density at radius 1 is 1.04 bits per heavy atom. The first-order chi connectivity index (χ1) is 11.9. The average Bonchev–Trinajstić information content (AvgIpc) is 2.48. The van der Waals surface area contributed by atoms with Gasteiger partial charge in [-0.15, -0.1) is 0 Å². The molecule has 2 amide bonds. The molecule has 0 saturated heterocycles. The lowest BCUT2D eigenvalue weighted by molar-refractivity contribution is -0.129. The molecule has 158 valence electrons. The first-order valence-corrected chi connectivity index (χ1v) is 9.90. The molecular formula is C22H42N2O3. The summed E-state index contributed by atoms with van der Waals surface area (Å²) in [6.07, 6.45) is 4.31. The highest BCUT2D eigenvalue weighted by Crippen LogP contribution is 2.50. The SMILES string of the molecule is CCCC(C)(C)C(=CC(C)(C)C(C)(C)C(CC(C)(C)C)C(N)=O)C(=O)NO. The van der Waals surface area contributed by atoms with E-state index in [1.807, 2.05) is 47.6 Å². The molecule has 0 saturated carbocycles. The standard InChI is InChI=1S/C22H42N2O3/c1-11-12-20(5,6)16(18(26)24-27)14-21(7,8)22(9,10)15(17(23)25)13-19(2,3)4/h14-15,27H,11-13H2,1-10H3,(H2,23,25)(H,24,26). The Hall–Kier alpha value is -1.36. The van der Waals surface area contributed by atoms with Crippen LogP contribution >= 0.6 is 0 Å². The number of carbonyl (C=O) groups excluding carboxylic acids is 2. The van der Waals surface area contributed by atoms with Gasteiger partial charge in [0, 0.05) is 11.5 Å². The number of allylic oxidation sites excluding steroid dienone is 1. The Bertz CT molecular complexity index is 567. The maximum atomic E-state index is 12.4. The van der Waals surface area contributed by atoms with Gasteiger partial charge < -0.3 is 5.73 Å². The number of nitrogens with one attached hydrogen (secondary N) is 1. The van der Waals surface area contributed by atoms with Crippen molar-refractivity contribution in [1.29, 1.82) is 0 Å². The maximum absolute atomic E-state index is 12.4. The van der Waals surface area contributed by atoms with E-state index in [0.717, 1.165) is 12.8 Å². The van der Waals surface area contributed by atoms with Crippen LogP contribution in [-0.2, 0) is 9.59 Å². The molecule has 27 heavy (non-hydrogen) atoms. The lowest BCUT2D eigenvalue weighted by atomic mass is 9.57. The number of carbonyl (C=O) groups is 2. The quantitative estimate of drug-likeness (QED) is 0.303. The Morgan fingerprint density at radius 3 is 1.85 bits per heavy atom. The highest BCUT2D eigenvalue weighted by atomic mass is 16.5. The van der Waals surface area contributed by atoms with Crippen molar-refractivity contribution in [2.75, 3.05) is 0 Å². The smallest absolute Gasteiger partial charge is 0.270 e. The third-order valence-electron chi connectivity index (χ3n) is 6.15. The first kappa shape index (κ1) is 25.6. The Morgan fingerprint density at radius 2 is 1.52 bits per heavy atom. The van der Waals surface area contributed by atoms with E-state index >= 15 is 0 Å². The van der Waals surface area contributed by atoms with Crippen LogP contribution in [0.4, 0.5) is 0 Å². The van der Waals surface area contributed by atoms with Crippen LogP contribution in [0.2, 0.25) is 0 Å². The summed E-state index contributed by atoms with van der Waals surface area (Å²) in [7, 11) is 0. The van der Waals surface area contributed by atoms with Crippen LogP contribution in [0.15, 0.2) is 11.6 Å². The minimum atomic E-state index is -0.509. The van der Waals surface area contributed by atoms with Crippen LogP contribution in [-0.4, -0.2) is 17.0 Å². The van der Waals surface area contributed by atoms with Gasteiger partial charge in [-0.1, -0.05) is 81.7 Å². The first-order valence-electron chi connectivity index (χ1n) is 9.90. The van der Waals surface area contributed by atoms with Gasteiger partial charge in [-0.2, -0.15) is 0 Å². The molecule has 0 aliphatic carbocycles. The van der Waals surface area contributed by atoms with Crippen molar-refractivity contribution in [2.24, 2.45) is 33.3 Å². The number of amides is 2. The minimum Gasteiger partial charge on any atom is -0.369 e. The van der Waals surface area contributed by atoms with Gasteiger partial charge in [0.25, 0.3) is 5.91 Å². The van der Waals surface area contributed by atoms with Crippen molar-refractivity contribution in [3.05, 3.63) is 11.6 Å². The van der Waals surface area contributed by atoms with E-state index in [1.54, 1.807) is 5.48 Å². The molecule has 1 atom stereocenters. The van der Waals surface area contributed by atoms with E-state index in [4.69, 9.17) is 5.73 Å². The fourth-order valence-electron chi connectivity index (χ4n) is 3.71. The summed E-state index contributed by atoms with van der Waals surface area (Å²) in [6.45, 7) is 20.5. The summed E-state index contributed by atoms with van der Waals surface area (Å²) < 4.78 is 0. The number of primary amides is 1. The molecular weight excluding hydrogens is 340 g/mol. The molecule has 0 rings (SSSR count). The van der Waals surface area contributed by atoms with Gasteiger partial charge in [-0.05, 0) is 34.5 Å². The molecule has 0 spiro atoms. The van der Waals surface area contributed by atoms with Gasteiger partial charge >= 0.3 is 0 Å². The van der Waals surface area contributed by atoms with E-state index in [9.17, 15) is 14.8 Å². The second-order valence-corrected chi connectivity index (χ2v) is 10.8. The van der Waals surface area contributed by atoms with Crippen molar-refractivity contribution >= 4 is 11.8 Å². The van der Waals surface area contributed by atoms with Gasteiger partial charge in [0.2, 0.25) is 5.91 Å². The fourth-order valence-corrected chi connectivity index (χ4v) is 3.71. The molecule has 0 fully saturated rings. The van der Waals surface area contributed by atoms with Crippen molar-refractivity contribution in [3.8, 4) is 0 Å². The summed E-state index contributed by atoms with van der Waals surface area (Å²) in [5, 5.41) is 9.27. The molecule has 5 nitrogen and oxygen atoms in total. The third kappa shape index (κ3) is 6.63. The highest BCUT2D eigenvalue weighted by molar-refractivity contribution is 5.94. The molecule has 0 aliphatic rings.